The summed E-state index contributed by atoms with van der Waals surface area (Å²) >= 11 is 0. The normalized spacial score (nSPS) is 17.5. The molecule has 0 unspecified atom stereocenters. The van der Waals surface area contributed by atoms with Crippen molar-refractivity contribution in [2.75, 3.05) is 6.54 Å². The van der Waals surface area contributed by atoms with E-state index in [1.807, 2.05) is 59.5 Å². The van der Waals surface area contributed by atoms with Gasteiger partial charge in [0.15, 0.2) is 0 Å². The summed E-state index contributed by atoms with van der Waals surface area (Å²) in [6.45, 7) is 1.31. The number of aromatic nitrogens is 1. The minimum atomic E-state index is -0.464. The van der Waals surface area contributed by atoms with Gasteiger partial charge in [-0.3, -0.25) is 9.59 Å². The lowest BCUT2D eigenvalue weighted by Crippen LogP contribution is -2.51. The van der Waals surface area contributed by atoms with Crippen LogP contribution in [0, 0.1) is 0 Å². The second kappa shape index (κ2) is 7.04. The average molecular weight is 347 g/mol. The molecule has 0 spiro atoms. The number of benzene rings is 2. The van der Waals surface area contributed by atoms with E-state index in [-0.39, 0.29) is 11.8 Å². The summed E-state index contributed by atoms with van der Waals surface area (Å²) in [6.07, 6.45) is 3.27. The number of carbonyl (C=O) groups excluding carboxylic acids is 2. The van der Waals surface area contributed by atoms with Crippen molar-refractivity contribution in [2.24, 2.45) is 0 Å². The molecular weight excluding hydrogens is 326 g/mol. The monoisotopic (exact) mass is 347 g/mol. The summed E-state index contributed by atoms with van der Waals surface area (Å²) in [5, 5.41) is 3.80. The molecule has 1 saturated heterocycles. The molecule has 1 atom stereocenters. The Balaban J connectivity index is 1.47. The Labute approximate surface area is 152 Å². The van der Waals surface area contributed by atoms with Gasteiger partial charge >= 0.3 is 0 Å². The van der Waals surface area contributed by atoms with Crippen molar-refractivity contribution in [2.45, 2.75) is 25.4 Å². The van der Waals surface area contributed by atoms with E-state index in [9.17, 15) is 9.59 Å². The van der Waals surface area contributed by atoms with Gasteiger partial charge in [-0.25, -0.2) is 0 Å². The van der Waals surface area contributed by atoms with Crippen LogP contribution in [-0.2, 0) is 11.3 Å². The maximum absolute atomic E-state index is 12.8. The van der Waals surface area contributed by atoms with Gasteiger partial charge in [0.2, 0.25) is 5.91 Å². The lowest BCUT2D eigenvalue weighted by molar-refractivity contribution is -0.136. The molecule has 0 bridgehead atoms. The number of H-pyrrole nitrogens is 1. The number of aromatic amines is 1. The number of carbonyl (C=O) groups is 2. The molecule has 1 fully saturated rings. The van der Waals surface area contributed by atoms with E-state index in [0.717, 1.165) is 29.4 Å². The van der Waals surface area contributed by atoms with Gasteiger partial charge in [-0.05, 0) is 24.5 Å². The van der Waals surface area contributed by atoms with Gasteiger partial charge in [0.25, 0.3) is 5.91 Å². The fourth-order valence-corrected chi connectivity index (χ4v) is 3.53. The zero-order valence-corrected chi connectivity index (χ0v) is 14.4. The zero-order valence-electron chi connectivity index (χ0n) is 14.4. The van der Waals surface area contributed by atoms with Crippen LogP contribution < -0.4 is 5.32 Å². The first-order chi connectivity index (χ1) is 12.7. The quantitative estimate of drug-likeness (QED) is 0.762. The predicted octanol–water partition coefficient (Wildman–Crippen LogP) is 3.09. The highest BCUT2D eigenvalue weighted by Crippen LogP contribution is 2.19. The molecule has 1 aromatic heterocycles. The summed E-state index contributed by atoms with van der Waals surface area (Å²) in [7, 11) is 0. The molecule has 5 nitrogen and oxygen atoms in total. The molecule has 0 aliphatic carbocycles. The second-order valence-electron chi connectivity index (χ2n) is 6.66. The van der Waals surface area contributed by atoms with Crippen molar-refractivity contribution in [3.05, 3.63) is 71.9 Å². The highest BCUT2D eigenvalue weighted by Gasteiger charge is 2.30. The third-order valence-electron chi connectivity index (χ3n) is 4.89. The van der Waals surface area contributed by atoms with Gasteiger partial charge in [-0.2, -0.15) is 0 Å². The summed E-state index contributed by atoms with van der Waals surface area (Å²) < 4.78 is 0. The SMILES string of the molecule is O=C(N[C@@H]1CCCN(Cc2ccccc2)C1=O)c1c[nH]c2ccccc12. The standard InChI is InChI=1S/C21H21N3O2/c25-20(17-13-22-18-10-5-4-9-16(17)18)23-19-11-6-12-24(21(19)26)14-15-7-2-1-3-8-15/h1-5,7-10,13,19,22H,6,11-12,14H2,(H,23,25)/t19-/m1/s1. The van der Waals surface area contributed by atoms with E-state index in [4.69, 9.17) is 0 Å². The van der Waals surface area contributed by atoms with Gasteiger partial charge in [-0.15, -0.1) is 0 Å². The highest BCUT2D eigenvalue weighted by molar-refractivity contribution is 6.07. The molecule has 3 aromatic rings. The fourth-order valence-electron chi connectivity index (χ4n) is 3.53. The third kappa shape index (κ3) is 3.20. The number of fused-ring (bicyclic) bond motifs is 1. The molecule has 5 heteroatoms. The smallest absolute Gasteiger partial charge is 0.254 e. The number of nitrogens with zero attached hydrogens (tertiary/aromatic N) is 1. The molecule has 2 heterocycles. The number of nitrogens with one attached hydrogen (secondary N) is 2. The van der Waals surface area contributed by atoms with Crippen molar-refractivity contribution >= 4 is 22.7 Å². The van der Waals surface area contributed by atoms with E-state index < -0.39 is 6.04 Å². The Hall–Kier alpha value is -3.08. The lowest BCUT2D eigenvalue weighted by atomic mass is 10.0. The summed E-state index contributed by atoms with van der Waals surface area (Å²) in [6, 6.07) is 17.1. The third-order valence-corrected chi connectivity index (χ3v) is 4.89. The van der Waals surface area contributed by atoms with Crippen LogP contribution >= 0.6 is 0 Å². The molecule has 1 aliphatic rings. The van der Waals surface area contributed by atoms with E-state index in [1.165, 1.54) is 0 Å². The number of hydrogen-bond donors (Lipinski definition) is 2. The Morgan fingerprint density at radius 1 is 1.12 bits per heavy atom. The zero-order chi connectivity index (χ0) is 17.9. The maximum Gasteiger partial charge on any atom is 0.254 e. The van der Waals surface area contributed by atoms with E-state index in [1.54, 1.807) is 6.20 Å². The number of amides is 2. The molecule has 4 rings (SSSR count). The van der Waals surface area contributed by atoms with E-state index in [0.29, 0.717) is 18.5 Å². The molecule has 2 aromatic carbocycles. The largest absolute Gasteiger partial charge is 0.360 e. The number of para-hydroxylation sites is 1. The van der Waals surface area contributed by atoms with Crippen LogP contribution in [0.25, 0.3) is 10.9 Å². The van der Waals surface area contributed by atoms with Gasteiger partial charge in [0.1, 0.15) is 6.04 Å². The highest BCUT2D eigenvalue weighted by atomic mass is 16.2. The summed E-state index contributed by atoms with van der Waals surface area (Å²) in [5.74, 6) is -0.212. The Bertz CT molecular complexity index is 933. The van der Waals surface area contributed by atoms with Crippen LogP contribution in [0.5, 0.6) is 0 Å². The Morgan fingerprint density at radius 3 is 2.73 bits per heavy atom. The van der Waals surface area contributed by atoms with Crippen LogP contribution in [-0.4, -0.2) is 34.3 Å². The predicted molar refractivity (Wildman–Crippen MR) is 101 cm³/mol. The Morgan fingerprint density at radius 2 is 1.88 bits per heavy atom. The van der Waals surface area contributed by atoms with Gasteiger partial charge < -0.3 is 15.2 Å². The molecule has 132 valence electrons. The number of piperidine rings is 1. The maximum atomic E-state index is 12.8. The molecule has 2 amide bonds. The molecule has 1 aliphatic heterocycles. The molecule has 0 radical (unpaired) electrons. The van der Waals surface area contributed by atoms with Crippen molar-refractivity contribution < 1.29 is 9.59 Å². The lowest BCUT2D eigenvalue weighted by Gasteiger charge is -2.32. The molecule has 26 heavy (non-hydrogen) atoms. The average Bonchev–Trinajstić information content (AvgIpc) is 3.10. The van der Waals surface area contributed by atoms with Crippen LogP contribution in [0.3, 0.4) is 0 Å². The topological polar surface area (TPSA) is 65.2 Å². The van der Waals surface area contributed by atoms with E-state index >= 15 is 0 Å². The summed E-state index contributed by atoms with van der Waals surface area (Å²) in [4.78, 5) is 30.4. The van der Waals surface area contributed by atoms with Crippen LogP contribution in [0.15, 0.2) is 60.8 Å². The minimum absolute atomic E-state index is 0.00621. The van der Waals surface area contributed by atoms with Crippen molar-refractivity contribution in [1.29, 1.82) is 0 Å². The number of likely N-dealkylation sites (tertiary alicyclic amines) is 1. The number of hydrogen-bond acceptors (Lipinski definition) is 2. The molecular formula is C21H21N3O2. The van der Waals surface area contributed by atoms with E-state index in [2.05, 4.69) is 10.3 Å². The fraction of sp³-hybridized carbons (Fsp3) is 0.238. The second-order valence-corrected chi connectivity index (χ2v) is 6.66. The van der Waals surface area contributed by atoms with Crippen molar-refractivity contribution in [3.8, 4) is 0 Å². The molecule has 2 N–H and O–H groups in total. The van der Waals surface area contributed by atoms with Crippen molar-refractivity contribution in [1.82, 2.24) is 15.2 Å². The van der Waals surface area contributed by atoms with Gasteiger partial charge in [0, 0.05) is 30.2 Å². The first-order valence-electron chi connectivity index (χ1n) is 8.92. The van der Waals surface area contributed by atoms with Crippen molar-refractivity contribution in [3.63, 3.8) is 0 Å². The van der Waals surface area contributed by atoms with Crippen LogP contribution in [0.1, 0.15) is 28.8 Å². The minimum Gasteiger partial charge on any atom is -0.360 e. The Kier molecular flexibility index (Phi) is 4.44. The first-order valence-corrected chi connectivity index (χ1v) is 8.92. The summed E-state index contributed by atoms with van der Waals surface area (Å²) in [5.41, 5.74) is 2.59. The first kappa shape index (κ1) is 16.4. The van der Waals surface area contributed by atoms with Gasteiger partial charge in [0.05, 0.1) is 5.56 Å². The van der Waals surface area contributed by atoms with Gasteiger partial charge in [-0.1, -0.05) is 48.5 Å². The number of rotatable bonds is 4. The molecule has 0 saturated carbocycles. The van der Waals surface area contributed by atoms with Crippen LogP contribution in [0.4, 0.5) is 0 Å². The van der Waals surface area contributed by atoms with Crippen LogP contribution in [0.2, 0.25) is 0 Å².